The van der Waals surface area contributed by atoms with Crippen LogP contribution in [-0.4, -0.2) is 16.1 Å². The fraction of sp³-hybridized carbons (Fsp3) is 0.231. The van der Waals surface area contributed by atoms with E-state index >= 15 is 0 Å². The third-order valence-corrected chi connectivity index (χ3v) is 2.71. The third-order valence-electron chi connectivity index (χ3n) is 2.71. The maximum absolute atomic E-state index is 10.7. The van der Waals surface area contributed by atoms with Gasteiger partial charge in [-0.15, -0.1) is 0 Å². The van der Waals surface area contributed by atoms with Crippen LogP contribution in [0.3, 0.4) is 0 Å². The van der Waals surface area contributed by atoms with Crippen molar-refractivity contribution in [3.05, 3.63) is 42.2 Å². The molecular formula is C13H13NO2. The number of rotatable bonds is 3. The Morgan fingerprint density at radius 3 is 2.88 bits per heavy atom. The second-order valence-electron chi connectivity index (χ2n) is 3.95. The third kappa shape index (κ3) is 2.03. The Morgan fingerprint density at radius 2 is 2.12 bits per heavy atom. The van der Waals surface area contributed by atoms with Gasteiger partial charge >= 0.3 is 5.97 Å². The molecule has 0 aliphatic carbocycles. The molecule has 1 aromatic carbocycles. The van der Waals surface area contributed by atoms with Crippen LogP contribution in [0.2, 0.25) is 0 Å². The van der Waals surface area contributed by atoms with E-state index in [1.807, 2.05) is 31.2 Å². The van der Waals surface area contributed by atoms with Crippen molar-refractivity contribution in [1.82, 2.24) is 4.98 Å². The number of fused-ring (bicyclic) bond motifs is 1. The molecule has 0 spiro atoms. The van der Waals surface area contributed by atoms with Crippen LogP contribution in [0, 0.1) is 0 Å². The van der Waals surface area contributed by atoms with Crippen molar-refractivity contribution < 1.29 is 9.90 Å². The number of benzene rings is 1. The van der Waals surface area contributed by atoms with E-state index in [0.717, 1.165) is 16.3 Å². The Hall–Kier alpha value is -1.90. The summed E-state index contributed by atoms with van der Waals surface area (Å²) in [6, 6.07) is 7.90. The standard InChI is InChI=1S/C13H13NO2/c1-9(6-13(15)16)12-8-14-7-10-4-2-3-5-11(10)12/h2-5,7-9H,6H2,1H3,(H,15,16). The van der Waals surface area contributed by atoms with E-state index in [-0.39, 0.29) is 12.3 Å². The Labute approximate surface area is 93.7 Å². The molecule has 1 heterocycles. The fourth-order valence-electron chi connectivity index (χ4n) is 1.90. The summed E-state index contributed by atoms with van der Waals surface area (Å²) in [5, 5.41) is 10.9. The largest absolute Gasteiger partial charge is 0.481 e. The molecule has 0 aliphatic heterocycles. The van der Waals surface area contributed by atoms with Crippen LogP contribution in [0.5, 0.6) is 0 Å². The van der Waals surface area contributed by atoms with Gasteiger partial charge in [0.2, 0.25) is 0 Å². The lowest BCUT2D eigenvalue weighted by atomic mass is 9.95. The topological polar surface area (TPSA) is 50.2 Å². The molecule has 0 saturated carbocycles. The number of aromatic nitrogens is 1. The highest BCUT2D eigenvalue weighted by Crippen LogP contribution is 2.26. The molecule has 0 fully saturated rings. The minimum Gasteiger partial charge on any atom is -0.481 e. The first kappa shape index (κ1) is 10.6. The highest BCUT2D eigenvalue weighted by Gasteiger charge is 2.12. The van der Waals surface area contributed by atoms with Crippen molar-refractivity contribution in [2.24, 2.45) is 0 Å². The van der Waals surface area contributed by atoms with Gasteiger partial charge in [-0.1, -0.05) is 31.2 Å². The van der Waals surface area contributed by atoms with Crippen LogP contribution < -0.4 is 0 Å². The number of carboxylic acid groups (broad SMARTS) is 1. The number of aliphatic carboxylic acids is 1. The average Bonchev–Trinajstić information content (AvgIpc) is 2.27. The normalized spacial score (nSPS) is 12.6. The summed E-state index contributed by atoms with van der Waals surface area (Å²) < 4.78 is 0. The molecule has 0 aliphatic rings. The van der Waals surface area contributed by atoms with Gasteiger partial charge in [0.1, 0.15) is 0 Å². The van der Waals surface area contributed by atoms with Crippen molar-refractivity contribution in [3.8, 4) is 0 Å². The SMILES string of the molecule is CC(CC(=O)O)c1cncc2ccccc12. The summed E-state index contributed by atoms with van der Waals surface area (Å²) in [7, 11) is 0. The van der Waals surface area contributed by atoms with Crippen LogP contribution >= 0.6 is 0 Å². The van der Waals surface area contributed by atoms with Gasteiger partial charge in [0.05, 0.1) is 6.42 Å². The van der Waals surface area contributed by atoms with E-state index in [2.05, 4.69) is 4.98 Å². The van der Waals surface area contributed by atoms with Crippen molar-refractivity contribution in [2.45, 2.75) is 19.3 Å². The first-order chi connectivity index (χ1) is 7.68. The van der Waals surface area contributed by atoms with Gasteiger partial charge < -0.3 is 5.11 Å². The summed E-state index contributed by atoms with van der Waals surface area (Å²) in [5.41, 5.74) is 1.00. The number of carbonyl (C=O) groups is 1. The fourth-order valence-corrected chi connectivity index (χ4v) is 1.90. The van der Waals surface area contributed by atoms with Crippen molar-refractivity contribution in [3.63, 3.8) is 0 Å². The number of carboxylic acids is 1. The van der Waals surface area contributed by atoms with Gasteiger partial charge in [-0.2, -0.15) is 0 Å². The molecule has 0 radical (unpaired) electrons. The van der Waals surface area contributed by atoms with Crippen molar-refractivity contribution in [1.29, 1.82) is 0 Å². The van der Waals surface area contributed by atoms with E-state index in [4.69, 9.17) is 5.11 Å². The molecule has 3 nitrogen and oxygen atoms in total. The minimum absolute atomic E-state index is 0.0175. The molecule has 2 aromatic rings. The molecule has 82 valence electrons. The molecule has 1 unspecified atom stereocenters. The zero-order valence-corrected chi connectivity index (χ0v) is 9.05. The van der Waals surface area contributed by atoms with Crippen LogP contribution in [0.15, 0.2) is 36.7 Å². The van der Waals surface area contributed by atoms with E-state index in [0.29, 0.717) is 0 Å². The molecule has 16 heavy (non-hydrogen) atoms. The monoisotopic (exact) mass is 215 g/mol. The summed E-state index contributed by atoms with van der Waals surface area (Å²) in [6.45, 7) is 1.91. The predicted octanol–water partition coefficient (Wildman–Crippen LogP) is 2.81. The number of nitrogens with zero attached hydrogens (tertiary/aromatic N) is 1. The molecule has 0 amide bonds. The molecule has 1 atom stereocenters. The summed E-state index contributed by atoms with van der Waals surface area (Å²) in [6.07, 6.45) is 3.69. The second-order valence-corrected chi connectivity index (χ2v) is 3.95. The average molecular weight is 215 g/mol. The van der Waals surface area contributed by atoms with E-state index in [9.17, 15) is 4.79 Å². The lowest BCUT2D eigenvalue weighted by Crippen LogP contribution is -2.03. The van der Waals surface area contributed by atoms with Crippen molar-refractivity contribution >= 4 is 16.7 Å². The number of hydrogen-bond donors (Lipinski definition) is 1. The molecule has 2 rings (SSSR count). The quantitative estimate of drug-likeness (QED) is 0.856. The Kier molecular flexibility index (Phi) is 2.86. The van der Waals surface area contributed by atoms with Crippen LogP contribution in [0.4, 0.5) is 0 Å². The maximum atomic E-state index is 10.7. The zero-order chi connectivity index (χ0) is 11.5. The zero-order valence-electron chi connectivity index (χ0n) is 9.05. The lowest BCUT2D eigenvalue weighted by Gasteiger charge is -2.11. The maximum Gasteiger partial charge on any atom is 0.303 e. The molecule has 3 heteroatoms. The van der Waals surface area contributed by atoms with Gasteiger partial charge in [0, 0.05) is 17.8 Å². The first-order valence-electron chi connectivity index (χ1n) is 5.23. The van der Waals surface area contributed by atoms with Crippen LogP contribution in [0.1, 0.15) is 24.8 Å². The Morgan fingerprint density at radius 1 is 1.38 bits per heavy atom. The lowest BCUT2D eigenvalue weighted by molar-refractivity contribution is -0.137. The first-order valence-corrected chi connectivity index (χ1v) is 5.23. The van der Waals surface area contributed by atoms with Gasteiger partial charge in [-0.3, -0.25) is 9.78 Å². The summed E-state index contributed by atoms with van der Waals surface area (Å²) >= 11 is 0. The number of pyridine rings is 1. The smallest absolute Gasteiger partial charge is 0.303 e. The highest BCUT2D eigenvalue weighted by atomic mass is 16.4. The molecule has 1 N–H and O–H groups in total. The van der Waals surface area contributed by atoms with E-state index in [1.165, 1.54) is 0 Å². The van der Waals surface area contributed by atoms with Crippen LogP contribution in [0.25, 0.3) is 10.8 Å². The molecule has 0 bridgehead atoms. The highest BCUT2D eigenvalue weighted by molar-refractivity contribution is 5.85. The van der Waals surface area contributed by atoms with Crippen LogP contribution in [-0.2, 0) is 4.79 Å². The summed E-state index contributed by atoms with van der Waals surface area (Å²) in [5.74, 6) is -0.795. The Balaban J connectivity index is 2.47. The summed E-state index contributed by atoms with van der Waals surface area (Å²) in [4.78, 5) is 14.8. The van der Waals surface area contributed by atoms with E-state index in [1.54, 1.807) is 12.4 Å². The minimum atomic E-state index is -0.777. The predicted molar refractivity (Wildman–Crippen MR) is 62.4 cm³/mol. The molecule has 1 aromatic heterocycles. The van der Waals surface area contributed by atoms with Crippen molar-refractivity contribution in [2.75, 3.05) is 0 Å². The molecular weight excluding hydrogens is 202 g/mol. The van der Waals surface area contributed by atoms with Gasteiger partial charge in [0.25, 0.3) is 0 Å². The number of hydrogen-bond acceptors (Lipinski definition) is 2. The van der Waals surface area contributed by atoms with Gasteiger partial charge in [-0.05, 0) is 16.9 Å². The van der Waals surface area contributed by atoms with E-state index < -0.39 is 5.97 Å². The molecule has 0 saturated heterocycles. The Bertz CT molecular complexity index is 517. The van der Waals surface area contributed by atoms with Gasteiger partial charge in [0.15, 0.2) is 0 Å². The second kappa shape index (κ2) is 4.31. The van der Waals surface area contributed by atoms with Gasteiger partial charge in [-0.25, -0.2) is 0 Å².